The highest BCUT2D eigenvalue weighted by molar-refractivity contribution is 7.69. The molecule has 4 heteroatoms. The topological polar surface area (TPSA) is 42.9 Å². The van der Waals surface area contributed by atoms with E-state index < -0.39 is 7.14 Å². The summed E-state index contributed by atoms with van der Waals surface area (Å²) in [6.45, 7) is 5.22. The summed E-state index contributed by atoms with van der Waals surface area (Å²) in [5.74, 6) is 0. The Bertz CT molecular complexity index is 305. The van der Waals surface area contributed by atoms with Gasteiger partial charge in [0.15, 0.2) is 0 Å². The van der Waals surface area contributed by atoms with Gasteiger partial charge in [-0.3, -0.25) is 4.98 Å². The third-order valence-corrected chi connectivity index (χ3v) is 2.82. The molecule has 0 radical (unpaired) electrons. The normalized spacial score (nSPS) is 11.5. The van der Waals surface area contributed by atoms with E-state index >= 15 is 0 Å². The molecule has 0 bridgehead atoms. The Morgan fingerprint density at radius 1 is 1.27 bits per heavy atom. The van der Waals surface area contributed by atoms with Crippen LogP contribution in [0, 0.1) is 6.92 Å². The molecule has 11 heavy (non-hydrogen) atoms. The molecule has 1 aromatic heterocycles. The zero-order chi connectivity index (χ0) is 8.48. The summed E-state index contributed by atoms with van der Waals surface area (Å²) >= 11 is 0. The molecule has 0 aliphatic rings. The van der Waals surface area contributed by atoms with Crippen molar-refractivity contribution in [2.75, 3.05) is 13.3 Å². The van der Waals surface area contributed by atoms with Gasteiger partial charge in [0.05, 0.1) is 5.69 Å². The quantitative estimate of drug-likeness (QED) is 0.591. The zero-order valence-electron chi connectivity index (χ0n) is 6.90. The van der Waals surface area contributed by atoms with E-state index in [9.17, 15) is 4.57 Å². The average molecular weight is 170 g/mol. The van der Waals surface area contributed by atoms with Crippen LogP contribution < -0.4 is 5.44 Å². The second-order valence-corrected chi connectivity index (χ2v) is 5.94. The fraction of sp³-hybridized carbons (Fsp3) is 0.429. The number of hydrogen-bond acceptors (Lipinski definition) is 3. The fourth-order valence-electron chi connectivity index (χ4n) is 0.929. The Morgan fingerprint density at radius 2 is 1.82 bits per heavy atom. The first-order valence-corrected chi connectivity index (χ1v) is 5.95. The van der Waals surface area contributed by atoms with Crippen LogP contribution in [0.4, 0.5) is 0 Å². The summed E-state index contributed by atoms with van der Waals surface area (Å²) < 4.78 is 11.5. The number of aryl methyl sites for hydroxylation is 1. The van der Waals surface area contributed by atoms with Crippen molar-refractivity contribution in [2.24, 2.45) is 0 Å². The van der Waals surface area contributed by atoms with Crippen LogP contribution in [0.1, 0.15) is 5.69 Å². The lowest BCUT2D eigenvalue weighted by molar-refractivity contribution is 0.587. The molecule has 0 aliphatic carbocycles. The summed E-state index contributed by atoms with van der Waals surface area (Å²) in [6, 6.07) is 0. The maximum absolute atomic E-state index is 11.5. The van der Waals surface area contributed by atoms with Gasteiger partial charge in [0.2, 0.25) is 0 Å². The van der Waals surface area contributed by atoms with Gasteiger partial charge in [-0.05, 0) is 20.3 Å². The third-order valence-electron chi connectivity index (χ3n) is 1.37. The van der Waals surface area contributed by atoms with Gasteiger partial charge in [-0.25, -0.2) is 4.98 Å². The molecule has 0 N–H and O–H groups in total. The number of rotatable bonds is 1. The molecule has 3 nitrogen and oxygen atoms in total. The molecule has 0 spiro atoms. The van der Waals surface area contributed by atoms with Gasteiger partial charge >= 0.3 is 0 Å². The van der Waals surface area contributed by atoms with Crippen LogP contribution in [0.5, 0.6) is 0 Å². The van der Waals surface area contributed by atoms with Crippen molar-refractivity contribution in [2.45, 2.75) is 6.92 Å². The minimum Gasteiger partial charge on any atom is -0.318 e. The first-order chi connectivity index (χ1) is 5.02. The van der Waals surface area contributed by atoms with Crippen molar-refractivity contribution in [3.05, 3.63) is 18.1 Å². The van der Waals surface area contributed by atoms with Crippen molar-refractivity contribution in [3.63, 3.8) is 0 Å². The standard InChI is InChI=1S/C7H11N2OP/c1-6-7(11(2,3)10)9-5-4-8-6/h4-5H,1-3H3. The molecule has 0 saturated heterocycles. The molecule has 1 rings (SSSR count). The smallest absolute Gasteiger partial charge is 0.129 e. The van der Waals surface area contributed by atoms with Gasteiger partial charge < -0.3 is 4.57 Å². The van der Waals surface area contributed by atoms with Gasteiger partial charge in [0.1, 0.15) is 12.6 Å². The lowest BCUT2D eigenvalue weighted by Crippen LogP contribution is -2.13. The highest BCUT2D eigenvalue weighted by Crippen LogP contribution is 2.33. The van der Waals surface area contributed by atoms with Crippen LogP contribution in [-0.4, -0.2) is 23.3 Å². The molecule has 0 aromatic carbocycles. The monoisotopic (exact) mass is 170 g/mol. The van der Waals surface area contributed by atoms with E-state index in [0.717, 1.165) is 5.69 Å². The zero-order valence-corrected chi connectivity index (χ0v) is 7.80. The van der Waals surface area contributed by atoms with E-state index in [1.54, 1.807) is 25.7 Å². The van der Waals surface area contributed by atoms with E-state index in [1.807, 2.05) is 6.92 Å². The Kier molecular flexibility index (Phi) is 2.10. The van der Waals surface area contributed by atoms with Crippen LogP contribution in [-0.2, 0) is 4.57 Å². The van der Waals surface area contributed by atoms with Crippen LogP contribution >= 0.6 is 7.14 Å². The number of hydrogen-bond donors (Lipinski definition) is 0. The van der Waals surface area contributed by atoms with Gasteiger partial charge in [-0.15, -0.1) is 0 Å². The fourth-order valence-corrected chi connectivity index (χ4v) is 2.11. The van der Waals surface area contributed by atoms with E-state index in [-0.39, 0.29) is 0 Å². The van der Waals surface area contributed by atoms with E-state index in [0.29, 0.717) is 5.44 Å². The molecule has 1 heterocycles. The Balaban J connectivity index is 3.25. The van der Waals surface area contributed by atoms with Crippen LogP contribution in [0.3, 0.4) is 0 Å². The van der Waals surface area contributed by atoms with Crippen molar-refractivity contribution >= 4 is 12.6 Å². The van der Waals surface area contributed by atoms with Crippen LogP contribution in [0.15, 0.2) is 12.4 Å². The molecule has 1 aromatic rings. The highest BCUT2D eigenvalue weighted by atomic mass is 31.2. The molecule has 0 saturated carbocycles. The molecular weight excluding hydrogens is 159 g/mol. The van der Waals surface area contributed by atoms with Gasteiger partial charge in [0.25, 0.3) is 0 Å². The lowest BCUT2D eigenvalue weighted by Gasteiger charge is -2.06. The molecule has 0 atom stereocenters. The van der Waals surface area contributed by atoms with E-state index in [2.05, 4.69) is 9.97 Å². The minimum atomic E-state index is -2.23. The van der Waals surface area contributed by atoms with Crippen molar-refractivity contribution in [1.29, 1.82) is 0 Å². The Morgan fingerprint density at radius 3 is 2.18 bits per heavy atom. The molecule has 0 unspecified atom stereocenters. The number of aromatic nitrogens is 2. The minimum absolute atomic E-state index is 0.639. The predicted octanol–water partition coefficient (Wildman–Crippen LogP) is 1.03. The second kappa shape index (κ2) is 2.74. The van der Waals surface area contributed by atoms with Crippen LogP contribution in [0.2, 0.25) is 0 Å². The highest BCUT2D eigenvalue weighted by Gasteiger charge is 2.15. The van der Waals surface area contributed by atoms with Crippen molar-refractivity contribution < 1.29 is 4.57 Å². The summed E-state index contributed by atoms with van der Waals surface area (Å²) in [5.41, 5.74) is 1.40. The first-order valence-electron chi connectivity index (χ1n) is 3.35. The van der Waals surface area contributed by atoms with Gasteiger partial charge in [-0.1, -0.05) is 0 Å². The maximum Gasteiger partial charge on any atom is 0.129 e. The van der Waals surface area contributed by atoms with Crippen molar-refractivity contribution in [1.82, 2.24) is 9.97 Å². The number of nitrogens with zero attached hydrogens (tertiary/aromatic N) is 2. The Hall–Kier alpha value is -0.690. The first kappa shape index (κ1) is 8.41. The average Bonchev–Trinajstić information content (AvgIpc) is 1.86. The summed E-state index contributed by atoms with van der Waals surface area (Å²) in [4.78, 5) is 8.03. The molecule has 60 valence electrons. The molecule has 0 amide bonds. The van der Waals surface area contributed by atoms with E-state index in [4.69, 9.17) is 0 Å². The Labute approximate surface area is 66.3 Å². The summed E-state index contributed by atoms with van der Waals surface area (Å²) in [5, 5.41) is 0. The molecule has 0 fully saturated rings. The maximum atomic E-state index is 11.5. The third kappa shape index (κ3) is 1.87. The molecule has 0 aliphatic heterocycles. The van der Waals surface area contributed by atoms with Gasteiger partial charge in [-0.2, -0.15) is 0 Å². The summed E-state index contributed by atoms with van der Waals surface area (Å²) in [6.07, 6.45) is 3.18. The SMILES string of the molecule is Cc1nccnc1P(C)(C)=O. The van der Waals surface area contributed by atoms with E-state index in [1.165, 1.54) is 0 Å². The lowest BCUT2D eigenvalue weighted by atomic mass is 10.5. The molecular formula is C7H11N2OP. The summed E-state index contributed by atoms with van der Waals surface area (Å²) in [7, 11) is -2.23. The van der Waals surface area contributed by atoms with Gasteiger partial charge in [0, 0.05) is 12.4 Å². The predicted molar refractivity (Wildman–Crippen MR) is 45.9 cm³/mol. The second-order valence-electron chi connectivity index (χ2n) is 2.82. The van der Waals surface area contributed by atoms with Crippen molar-refractivity contribution in [3.8, 4) is 0 Å². The van der Waals surface area contributed by atoms with Crippen LogP contribution in [0.25, 0.3) is 0 Å². The largest absolute Gasteiger partial charge is 0.318 e.